The summed E-state index contributed by atoms with van der Waals surface area (Å²) in [5.41, 5.74) is 3.61. The molecule has 0 atom stereocenters. The van der Waals surface area contributed by atoms with Crippen molar-refractivity contribution in [2.75, 3.05) is 26.2 Å². The molecule has 4 aromatic rings. The number of carbonyl (C=O) groups is 1. The number of para-hydroxylation sites is 1. The number of nitrogens with zero attached hydrogens (tertiary/aromatic N) is 2. The molecule has 0 aliphatic rings. The number of anilines is 2. The molecular weight excluding hydrogens is 448 g/mol. The lowest BCUT2D eigenvalue weighted by Gasteiger charge is -2.21. The van der Waals surface area contributed by atoms with Crippen molar-refractivity contribution in [3.63, 3.8) is 0 Å². The fourth-order valence-corrected chi connectivity index (χ4v) is 4.82. The van der Waals surface area contributed by atoms with Gasteiger partial charge in [-0.15, -0.1) is 0 Å². The van der Waals surface area contributed by atoms with Crippen molar-refractivity contribution >= 4 is 38.3 Å². The average Bonchev–Trinajstić information content (AvgIpc) is 3.27. The molecule has 0 saturated heterocycles. The third-order valence-corrected chi connectivity index (χ3v) is 6.64. The molecule has 0 saturated carbocycles. The molecule has 0 bridgehead atoms. The second-order valence-electron chi connectivity index (χ2n) is 8.15. The first-order valence-electron chi connectivity index (χ1n) is 11.0. The van der Waals surface area contributed by atoms with E-state index in [-0.39, 0.29) is 12.3 Å². The van der Waals surface area contributed by atoms with Gasteiger partial charge in [-0.1, -0.05) is 49.4 Å². The number of benzene rings is 3. The Bertz CT molecular complexity index is 1240. The van der Waals surface area contributed by atoms with Crippen molar-refractivity contribution in [3.05, 3.63) is 71.8 Å². The van der Waals surface area contributed by atoms with Crippen molar-refractivity contribution in [3.8, 4) is 17.2 Å². The van der Waals surface area contributed by atoms with Crippen LogP contribution in [0.25, 0.3) is 10.2 Å². The minimum absolute atomic E-state index is 0.106. The fraction of sp³-hybridized carbons (Fsp3) is 0.259. The highest BCUT2D eigenvalue weighted by molar-refractivity contribution is 7.22. The first kappa shape index (κ1) is 23.6. The van der Waals surface area contributed by atoms with Gasteiger partial charge < -0.3 is 14.2 Å². The molecule has 176 valence electrons. The molecule has 4 rings (SSSR count). The Balaban J connectivity index is 1.75. The highest BCUT2D eigenvalue weighted by Gasteiger charge is 2.24. The van der Waals surface area contributed by atoms with Crippen molar-refractivity contribution in [2.45, 2.75) is 26.2 Å². The van der Waals surface area contributed by atoms with Gasteiger partial charge in [0.1, 0.15) is 0 Å². The van der Waals surface area contributed by atoms with Crippen LogP contribution in [0.15, 0.2) is 60.7 Å². The van der Waals surface area contributed by atoms with Crippen molar-refractivity contribution in [1.29, 1.82) is 0 Å². The van der Waals surface area contributed by atoms with Crippen LogP contribution < -0.4 is 19.1 Å². The summed E-state index contributed by atoms with van der Waals surface area (Å²) in [4.78, 5) is 20.2. The minimum Gasteiger partial charge on any atom is -0.493 e. The summed E-state index contributed by atoms with van der Waals surface area (Å²) in [6, 6.07) is 19.6. The second kappa shape index (κ2) is 10.1. The Hall–Kier alpha value is -3.58. The SMILES string of the molecule is COc1cc(CC(=O)N(c2ccc(C(C)C)cc2)c2nc3ccccc3s2)cc(OC)c1OC. The van der Waals surface area contributed by atoms with Crippen LogP contribution in [0.1, 0.15) is 30.9 Å². The largest absolute Gasteiger partial charge is 0.493 e. The second-order valence-corrected chi connectivity index (χ2v) is 9.16. The maximum absolute atomic E-state index is 13.7. The van der Waals surface area contributed by atoms with Gasteiger partial charge in [-0.05, 0) is 53.4 Å². The Morgan fingerprint density at radius 1 is 0.941 bits per heavy atom. The molecule has 0 N–H and O–H groups in total. The van der Waals surface area contributed by atoms with Crippen LogP contribution in [0.5, 0.6) is 17.2 Å². The predicted octanol–water partition coefficient (Wildman–Crippen LogP) is 6.35. The van der Waals surface area contributed by atoms with Crippen molar-refractivity contribution < 1.29 is 19.0 Å². The van der Waals surface area contributed by atoms with Crippen LogP contribution in [-0.2, 0) is 11.2 Å². The summed E-state index contributed by atoms with van der Waals surface area (Å²) in [6.45, 7) is 4.30. The number of fused-ring (bicyclic) bond motifs is 1. The van der Waals surface area contributed by atoms with Gasteiger partial charge in [0.25, 0.3) is 0 Å². The Morgan fingerprint density at radius 2 is 1.59 bits per heavy atom. The van der Waals surface area contributed by atoms with Gasteiger partial charge in [0.05, 0.1) is 43.7 Å². The van der Waals surface area contributed by atoms with Gasteiger partial charge in [-0.3, -0.25) is 9.69 Å². The Morgan fingerprint density at radius 3 is 2.15 bits per heavy atom. The number of amides is 1. The summed E-state index contributed by atoms with van der Waals surface area (Å²) in [7, 11) is 4.68. The summed E-state index contributed by atoms with van der Waals surface area (Å²) >= 11 is 1.50. The lowest BCUT2D eigenvalue weighted by Crippen LogP contribution is -2.27. The van der Waals surface area contributed by atoms with E-state index < -0.39 is 0 Å². The van der Waals surface area contributed by atoms with Crippen LogP contribution >= 0.6 is 11.3 Å². The maximum atomic E-state index is 13.7. The van der Waals surface area contributed by atoms with Crippen molar-refractivity contribution in [1.82, 2.24) is 4.98 Å². The van der Waals surface area contributed by atoms with Crippen LogP contribution in [0.3, 0.4) is 0 Å². The number of hydrogen-bond acceptors (Lipinski definition) is 6. The first-order chi connectivity index (χ1) is 16.4. The van der Waals surface area contributed by atoms with Crippen LogP contribution in [-0.4, -0.2) is 32.2 Å². The molecule has 6 nitrogen and oxygen atoms in total. The van der Waals surface area contributed by atoms with E-state index in [0.29, 0.717) is 28.3 Å². The number of ether oxygens (including phenoxy) is 3. The summed E-state index contributed by atoms with van der Waals surface area (Å²) < 4.78 is 17.4. The third-order valence-electron chi connectivity index (χ3n) is 5.62. The standard InChI is InChI=1S/C27H28N2O4S/c1-17(2)19-10-12-20(13-11-19)29(27-28-21-8-6-7-9-24(21)34-27)25(30)16-18-14-22(31-3)26(33-5)23(15-18)32-4/h6-15,17H,16H2,1-5H3. The molecule has 0 aliphatic carbocycles. The molecule has 0 spiro atoms. The van der Waals surface area contributed by atoms with E-state index >= 15 is 0 Å². The van der Waals surface area contributed by atoms with E-state index in [1.807, 2.05) is 36.4 Å². The Kier molecular flexibility index (Phi) is 7.03. The number of methoxy groups -OCH3 is 3. The zero-order valence-electron chi connectivity index (χ0n) is 20.0. The Labute approximate surface area is 203 Å². The molecule has 3 aromatic carbocycles. The van der Waals surface area contributed by atoms with Gasteiger partial charge in [0, 0.05) is 0 Å². The third kappa shape index (κ3) is 4.70. The highest BCUT2D eigenvalue weighted by atomic mass is 32.1. The van der Waals surface area contributed by atoms with Crippen LogP contribution in [0.2, 0.25) is 0 Å². The van der Waals surface area contributed by atoms with E-state index in [0.717, 1.165) is 21.5 Å². The lowest BCUT2D eigenvalue weighted by molar-refractivity contribution is -0.117. The quantitative estimate of drug-likeness (QED) is 0.296. The van der Waals surface area contributed by atoms with Crippen molar-refractivity contribution in [2.24, 2.45) is 0 Å². The molecule has 1 amide bonds. The van der Waals surface area contributed by atoms with Gasteiger partial charge in [0.2, 0.25) is 11.7 Å². The molecule has 1 aromatic heterocycles. The topological polar surface area (TPSA) is 60.9 Å². The van der Waals surface area contributed by atoms with E-state index in [1.165, 1.54) is 16.9 Å². The maximum Gasteiger partial charge on any atom is 0.237 e. The number of thiazole rings is 1. The number of aromatic nitrogens is 1. The molecular formula is C27H28N2O4S. The van der Waals surface area contributed by atoms with E-state index in [1.54, 1.807) is 38.4 Å². The van der Waals surface area contributed by atoms with E-state index in [2.05, 4.69) is 26.0 Å². The monoisotopic (exact) mass is 476 g/mol. The van der Waals surface area contributed by atoms with Gasteiger partial charge >= 0.3 is 0 Å². The molecule has 1 heterocycles. The fourth-order valence-electron chi connectivity index (χ4n) is 3.82. The van der Waals surface area contributed by atoms with E-state index in [9.17, 15) is 4.79 Å². The van der Waals surface area contributed by atoms with Crippen LogP contribution in [0, 0.1) is 0 Å². The minimum atomic E-state index is -0.106. The highest BCUT2D eigenvalue weighted by Crippen LogP contribution is 2.39. The summed E-state index contributed by atoms with van der Waals surface area (Å²) in [5, 5.41) is 0.635. The average molecular weight is 477 g/mol. The zero-order chi connectivity index (χ0) is 24.2. The van der Waals surface area contributed by atoms with Crippen LogP contribution in [0.4, 0.5) is 10.8 Å². The normalized spacial score (nSPS) is 11.0. The van der Waals surface area contributed by atoms with E-state index in [4.69, 9.17) is 19.2 Å². The number of carbonyl (C=O) groups excluding carboxylic acids is 1. The van der Waals surface area contributed by atoms with Gasteiger partial charge in [0.15, 0.2) is 16.6 Å². The smallest absolute Gasteiger partial charge is 0.237 e. The predicted molar refractivity (Wildman–Crippen MR) is 137 cm³/mol. The van der Waals surface area contributed by atoms with Gasteiger partial charge in [-0.2, -0.15) is 0 Å². The molecule has 0 radical (unpaired) electrons. The number of hydrogen-bond donors (Lipinski definition) is 0. The van der Waals surface area contributed by atoms with Gasteiger partial charge in [-0.25, -0.2) is 4.98 Å². The molecule has 7 heteroatoms. The number of rotatable bonds is 8. The lowest BCUT2D eigenvalue weighted by atomic mass is 10.0. The molecule has 0 fully saturated rings. The zero-order valence-corrected chi connectivity index (χ0v) is 20.8. The first-order valence-corrected chi connectivity index (χ1v) is 11.8. The summed E-state index contributed by atoms with van der Waals surface area (Å²) in [5.74, 6) is 1.81. The molecule has 34 heavy (non-hydrogen) atoms. The molecule has 0 aliphatic heterocycles. The summed E-state index contributed by atoms with van der Waals surface area (Å²) in [6.07, 6.45) is 0.137. The molecule has 0 unspecified atom stereocenters.